The van der Waals surface area contributed by atoms with Gasteiger partial charge in [0.1, 0.15) is 0 Å². The lowest BCUT2D eigenvalue weighted by molar-refractivity contribution is 0.0838. The minimum Gasteiger partial charge on any atom is -0.388 e. The van der Waals surface area contributed by atoms with Gasteiger partial charge in [-0.1, -0.05) is 6.92 Å². The minimum atomic E-state index is -0.769. The van der Waals surface area contributed by atoms with Gasteiger partial charge in [-0.25, -0.2) is 9.37 Å². The van der Waals surface area contributed by atoms with Crippen LogP contribution in [0.1, 0.15) is 26.7 Å². The van der Waals surface area contributed by atoms with Crippen molar-refractivity contribution in [2.75, 3.05) is 29.9 Å². The first-order chi connectivity index (χ1) is 8.52. The number of aromatic nitrogens is 2. The molecule has 1 atom stereocenters. The standard InChI is InChI=1S/C12H19FN4O/c1-3-5-14-11-15-7-9(13)10(16-11)17-6-4-12(2,18)8-17/h7,18H,3-6,8H2,1-2H3,(H,14,15,16). The molecule has 6 heteroatoms. The van der Waals surface area contributed by atoms with Gasteiger partial charge in [0.25, 0.3) is 0 Å². The second kappa shape index (κ2) is 5.06. The average Bonchev–Trinajstić information content (AvgIpc) is 2.68. The third-order valence-corrected chi connectivity index (χ3v) is 3.01. The fourth-order valence-electron chi connectivity index (χ4n) is 2.03. The van der Waals surface area contributed by atoms with Gasteiger partial charge in [0.05, 0.1) is 11.8 Å². The zero-order chi connectivity index (χ0) is 13.2. The van der Waals surface area contributed by atoms with E-state index in [0.717, 1.165) is 13.0 Å². The van der Waals surface area contributed by atoms with Crippen LogP contribution < -0.4 is 10.2 Å². The van der Waals surface area contributed by atoms with Gasteiger partial charge in [-0.2, -0.15) is 4.98 Å². The van der Waals surface area contributed by atoms with E-state index in [1.54, 1.807) is 11.8 Å². The summed E-state index contributed by atoms with van der Waals surface area (Å²) in [6.07, 6.45) is 2.75. The molecule has 1 saturated heterocycles. The molecule has 2 N–H and O–H groups in total. The van der Waals surface area contributed by atoms with E-state index in [-0.39, 0.29) is 5.82 Å². The van der Waals surface area contributed by atoms with Crippen LogP contribution in [-0.4, -0.2) is 40.3 Å². The number of rotatable bonds is 4. The largest absolute Gasteiger partial charge is 0.388 e. The van der Waals surface area contributed by atoms with Gasteiger partial charge >= 0.3 is 0 Å². The molecule has 0 aromatic carbocycles. The summed E-state index contributed by atoms with van der Waals surface area (Å²) in [5, 5.41) is 12.9. The molecule has 1 unspecified atom stereocenters. The van der Waals surface area contributed by atoms with Crippen LogP contribution in [-0.2, 0) is 0 Å². The third-order valence-electron chi connectivity index (χ3n) is 3.01. The van der Waals surface area contributed by atoms with Crippen molar-refractivity contribution in [2.45, 2.75) is 32.3 Å². The maximum absolute atomic E-state index is 13.7. The molecule has 100 valence electrons. The van der Waals surface area contributed by atoms with Crippen molar-refractivity contribution in [1.82, 2.24) is 9.97 Å². The van der Waals surface area contributed by atoms with E-state index in [9.17, 15) is 9.50 Å². The van der Waals surface area contributed by atoms with E-state index in [1.807, 2.05) is 6.92 Å². The van der Waals surface area contributed by atoms with Gasteiger partial charge in [-0.05, 0) is 19.8 Å². The van der Waals surface area contributed by atoms with Crippen molar-refractivity contribution >= 4 is 11.8 Å². The predicted molar refractivity (Wildman–Crippen MR) is 68.2 cm³/mol. The second-order valence-corrected chi connectivity index (χ2v) is 4.96. The molecule has 0 bridgehead atoms. The Kier molecular flexibility index (Phi) is 3.65. The van der Waals surface area contributed by atoms with E-state index in [1.165, 1.54) is 6.20 Å². The monoisotopic (exact) mass is 254 g/mol. The van der Waals surface area contributed by atoms with Crippen LogP contribution >= 0.6 is 0 Å². The Bertz CT molecular complexity index is 425. The highest BCUT2D eigenvalue weighted by Gasteiger charge is 2.33. The molecule has 2 heterocycles. The maximum Gasteiger partial charge on any atom is 0.224 e. The van der Waals surface area contributed by atoms with Gasteiger partial charge in [0, 0.05) is 19.6 Å². The number of halogens is 1. The molecule has 1 aromatic heterocycles. The highest BCUT2D eigenvalue weighted by Crippen LogP contribution is 2.27. The molecule has 0 amide bonds. The second-order valence-electron chi connectivity index (χ2n) is 4.96. The number of anilines is 2. The summed E-state index contributed by atoms with van der Waals surface area (Å²) in [4.78, 5) is 9.83. The van der Waals surface area contributed by atoms with Crippen molar-refractivity contribution in [1.29, 1.82) is 0 Å². The number of nitrogens with zero attached hydrogens (tertiary/aromatic N) is 3. The van der Waals surface area contributed by atoms with Gasteiger partial charge < -0.3 is 15.3 Å². The number of nitrogens with one attached hydrogen (secondary N) is 1. The Hall–Kier alpha value is -1.43. The minimum absolute atomic E-state index is 0.265. The van der Waals surface area contributed by atoms with Crippen LogP contribution in [0.2, 0.25) is 0 Å². The molecule has 2 rings (SSSR count). The number of aliphatic hydroxyl groups is 1. The lowest BCUT2D eigenvalue weighted by Gasteiger charge is -2.20. The Balaban J connectivity index is 2.16. The number of β-amino-alcohol motifs (C(OH)–C–C–N with tert-alkyl or cyclic N) is 1. The van der Waals surface area contributed by atoms with Crippen LogP contribution in [0, 0.1) is 5.82 Å². The van der Waals surface area contributed by atoms with Crippen molar-refractivity contribution < 1.29 is 9.50 Å². The molecule has 0 aliphatic carbocycles. The molecule has 1 aliphatic heterocycles. The van der Waals surface area contributed by atoms with Gasteiger partial charge in [0.15, 0.2) is 11.6 Å². The van der Waals surface area contributed by atoms with Gasteiger partial charge in [0.2, 0.25) is 5.95 Å². The highest BCUT2D eigenvalue weighted by molar-refractivity contribution is 5.45. The highest BCUT2D eigenvalue weighted by atomic mass is 19.1. The molecular formula is C12H19FN4O. The number of hydrogen-bond donors (Lipinski definition) is 2. The molecule has 0 radical (unpaired) electrons. The van der Waals surface area contributed by atoms with Crippen LogP contribution in [0.5, 0.6) is 0 Å². The lowest BCUT2D eigenvalue weighted by atomic mass is 10.1. The summed E-state index contributed by atoms with van der Waals surface area (Å²) in [7, 11) is 0. The quantitative estimate of drug-likeness (QED) is 0.850. The lowest BCUT2D eigenvalue weighted by Crippen LogP contribution is -2.30. The summed E-state index contributed by atoms with van der Waals surface area (Å²) >= 11 is 0. The molecule has 1 fully saturated rings. The van der Waals surface area contributed by atoms with E-state index in [2.05, 4.69) is 15.3 Å². The number of hydrogen-bond acceptors (Lipinski definition) is 5. The fraction of sp³-hybridized carbons (Fsp3) is 0.667. The van der Waals surface area contributed by atoms with Gasteiger partial charge in [-0.15, -0.1) is 0 Å². The van der Waals surface area contributed by atoms with Crippen LogP contribution in [0.15, 0.2) is 6.20 Å². The third kappa shape index (κ3) is 2.87. The van der Waals surface area contributed by atoms with Crippen LogP contribution in [0.25, 0.3) is 0 Å². The molecule has 0 saturated carbocycles. The first-order valence-corrected chi connectivity index (χ1v) is 6.25. The van der Waals surface area contributed by atoms with E-state index in [4.69, 9.17) is 0 Å². The van der Waals surface area contributed by atoms with Crippen molar-refractivity contribution in [3.8, 4) is 0 Å². The molecule has 1 aliphatic rings. The van der Waals surface area contributed by atoms with Crippen molar-refractivity contribution in [3.63, 3.8) is 0 Å². The Labute approximate surface area is 106 Å². The average molecular weight is 254 g/mol. The Morgan fingerprint density at radius 1 is 1.61 bits per heavy atom. The first-order valence-electron chi connectivity index (χ1n) is 6.25. The van der Waals surface area contributed by atoms with E-state index >= 15 is 0 Å². The first kappa shape index (κ1) is 13.0. The Morgan fingerprint density at radius 2 is 2.39 bits per heavy atom. The predicted octanol–water partition coefficient (Wildman–Crippen LogP) is 1.40. The van der Waals surface area contributed by atoms with E-state index in [0.29, 0.717) is 25.5 Å². The summed E-state index contributed by atoms with van der Waals surface area (Å²) in [6, 6.07) is 0. The molecule has 5 nitrogen and oxygen atoms in total. The zero-order valence-electron chi connectivity index (χ0n) is 10.8. The summed E-state index contributed by atoms with van der Waals surface area (Å²) in [5.74, 6) is 0.246. The molecule has 0 spiro atoms. The fourth-order valence-corrected chi connectivity index (χ4v) is 2.03. The summed E-state index contributed by atoms with van der Waals surface area (Å²) < 4.78 is 13.7. The van der Waals surface area contributed by atoms with Crippen LogP contribution in [0.4, 0.5) is 16.2 Å². The van der Waals surface area contributed by atoms with Crippen molar-refractivity contribution in [2.24, 2.45) is 0 Å². The summed E-state index contributed by atoms with van der Waals surface area (Å²) in [5.41, 5.74) is -0.769. The molecule has 1 aromatic rings. The molecular weight excluding hydrogens is 235 g/mol. The summed E-state index contributed by atoms with van der Waals surface area (Å²) in [6.45, 7) is 5.54. The Morgan fingerprint density at radius 3 is 3.00 bits per heavy atom. The zero-order valence-corrected chi connectivity index (χ0v) is 10.8. The van der Waals surface area contributed by atoms with E-state index < -0.39 is 11.4 Å². The SMILES string of the molecule is CCCNc1ncc(F)c(N2CCC(C)(O)C2)n1. The normalized spacial score (nSPS) is 23.4. The van der Waals surface area contributed by atoms with Crippen molar-refractivity contribution in [3.05, 3.63) is 12.0 Å². The smallest absolute Gasteiger partial charge is 0.224 e. The van der Waals surface area contributed by atoms with Crippen LogP contribution in [0.3, 0.4) is 0 Å². The topological polar surface area (TPSA) is 61.3 Å². The van der Waals surface area contributed by atoms with Gasteiger partial charge in [-0.3, -0.25) is 0 Å². The molecule has 18 heavy (non-hydrogen) atoms. The maximum atomic E-state index is 13.7.